The maximum atomic E-state index is 12.7. The quantitative estimate of drug-likeness (QED) is 0.856. The Morgan fingerprint density at radius 1 is 0.960 bits per heavy atom. The molecule has 1 aliphatic heterocycles. The van der Waals surface area contributed by atoms with Gasteiger partial charge in [0.25, 0.3) is 5.91 Å². The van der Waals surface area contributed by atoms with E-state index < -0.39 is 6.10 Å². The summed E-state index contributed by atoms with van der Waals surface area (Å²) in [6.45, 7) is 9.12. The van der Waals surface area contributed by atoms with Crippen molar-refractivity contribution in [2.24, 2.45) is 0 Å². The Labute approximate surface area is 150 Å². The summed E-state index contributed by atoms with van der Waals surface area (Å²) >= 11 is 0. The second-order valence-electron chi connectivity index (χ2n) is 6.65. The van der Waals surface area contributed by atoms with E-state index in [1.54, 1.807) is 0 Å². The zero-order chi connectivity index (χ0) is 17.8. The van der Waals surface area contributed by atoms with Crippen molar-refractivity contribution < 1.29 is 9.53 Å². The number of carbonyl (C=O) groups excluding carboxylic acids is 1. The van der Waals surface area contributed by atoms with Crippen molar-refractivity contribution in [2.75, 3.05) is 31.1 Å². The average Bonchev–Trinajstić information content (AvgIpc) is 2.65. The van der Waals surface area contributed by atoms with Gasteiger partial charge in [-0.15, -0.1) is 0 Å². The summed E-state index contributed by atoms with van der Waals surface area (Å²) in [5, 5.41) is 0. The van der Waals surface area contributed by atoms with Crippen LogP contribution in [0.1, 0.15) is 18.1 Å². The van der Waals surface area contributed by atoms with Gasteiger partial charge in [-0.1, -0.05) is 24.3 Å². The Kier molecular flexibility index (Phi) is 5.27. The van der Waals surface area contributed by atoms with E-state index in [1.807, 2.05) is 48.2 Å². The van der Waals surface area contributed by atoms with Gasteiger partial charge in [-0.2, -0.15) is 0 Å². The first-order chi connectivity index (χ1) is 12.0. The summed E-state index contributed by atoms with van der Waals surface area (Å²) in [5.41, 5.74) is 3.62. The molecule has 1 amide bonds. The highest BCUT2D eigenvalue weighted by molar-refractivity contribution is 5.81. The van der Waals surface area contributed by atoms with Gasteiger partial charge < -0.3 is 14.5 Å². The fourth-order valence-corrected chi connectivity index (χ4v) is 3.12. The molecule has 0 bridgehead atoms. The van der Waals surface area contributed by atoms with Crippen molar-refractivity contribution >= 4 is 11.6 Å². The fourth-order valence-electron chi connectivity index (χ4n) is 3.12. The molecule has 0 radical (unpaired) electrons. The second-order valence-corrected chi connectivity index (χ2v) is 6.65. The lowest BCUT2D eigenvalue weighted by Gasteiger charge is -2.37. The van der Waals surface area contributed by atoms with Gasteiger partial charge >= 0.3 is 0 Å². The van der Waals surface area contributed by atoms with Crippen LogP contribution in [0.3, 0.4) is 0 Å². The number of anilines is 1. The van der Waals surface area contributed by atoms with Gasteiger partial charge in [0, 0.05) is 31.9 Å². The van der Waals surface area contributed by atoms with Gasteiger partial charge in [0.2, 0.25) is 0 Å². The molecular weight excluding hydrogens is 312 g/mol. The predicted octanol–water partition coefficient (Wildman–Crippen LogP) is 3.42. The predicted molar refractivity (Wildman–Crippen MR) is 101 cm³/mol. The number of nitrogens with zero attached hydrogens (tertiary/aromatic N) is 2. The average molecular weight is 338 g/mol. The summed E-state index contributed by atoms with van der Waals surface area (Å²) in [4.78, 5) is 16.9. The molecule has 2 aromatic carbocycles. The summed E-state index contributed by atoms with van der Waals surface area (Å²) in [5.74, 6) is 0.817. The van der Waals surface area contributed by atoms with Crippen LogP contribution in [-0.2, 0) is 4.79 Å². The van der Waals surface area contributed by atoms with Crippen molar-refractivity contribution in [1.29, 1.82) is 0 Å². The van der Waals surface area contributed by atoms with Crippen LogP contribution >= 0.6 is 0 Å². The third kappa shape index (κ3) is 4.13. The standard InChI is InChI=1S/C21H26N2O2/c1-16-9-10-20(15-17(16)2)25-18(3)21(24)23-13-11-22(12-14-23)19-7-5-4-6-8-19/h4-10,15,18H,11-14H2,1-3H3. The summed E-state index contributed by atoms with van der Waals surface area (Å²) in [6.07, 6.45) is -0.467. The highest BCUT2D eigenvalue weighted by atomic mass is 16.5. The first-order valence-corrected chi connectivity index (χ1v) is 8.87. The van der Waals surface area contributed by atoms with Crippen LogP contribution < -0.4 is 9.64 Å². The van der Waals surface area contributed by atoms with Crippen molar-refractivity contribution in [3.05, 3.63) is 59.7 Å². The fraction of sp³-hybridized carbons (Fsp3) is 0.381. The Hall–Kier alpha value is -2.49. The van der Waals surface area contributed by atoms with Crippen LogP contribution in [0.5, 0.6) is 5.75 Å². The molecule has 2 aromatic rings. The van der Waals surface area contributed by atoms with Crippen LogP contribution in [0, 0.1) is 13.8 Å². The normalized spacial score (nSPS) is 15.8. The van der Waals surface area contributed by atoms with E-state index >= 15 is 0 Å². The molecule has 1 aliphatic rings. The van der Waals surface area contributed by atoms with E-state index in [-0.39, 0.29) is 5.91 Å². The molecule has 1 heterocycles. The molecule has 4 nitrogen and oxygen atoms in total. The lowest BCUT2D eigenvalue weighted by atomic mass is 10.1. The molecule has 1 unspecified atom stereocenters. The summed E-state index contributed by atoms with van der Waals surface area (Å²) in [7, 11) is 0. The number of hydrogen-bond donors (Lipinski definition) is 0. The number of hydrogen-bond acceptors (Lipinski definition) is 3. The number of aryl methyl sites for hydroxylation is 2. The number of piperazine rings is 1. The lowest BCUT2D eigenvalue weighted by Crippen LogP contribution is -2.52. The third-order valence-electron chi connectivity index (χ3n) is 4.85. The van der Waals surface area contributed by atoms with Gasteiger partial charge in [0.1, 0.15) is 5.75 Å². The van der Waals surface area contributed by atoms with E-state index in [2.05, 4.69) is 30.9 Å². The van der Waals surface area contributed by atoms with Crippen LogP contribution in [0.25, 0.3) is 0 Å². The van der Waals surface area contributed by atoms with E-state index in [0.29, 0.717) is 0 Å². The van der Waals surface area contributed by atoms with E-state index in [0.717, 1.165) is 31.9 Å². The number of ether oxygens (including phenoxy) is 1. The number of rotatable bonds is 4. The molecule has 0 saturated carbocycles. The Morgan fingerprint density at radius 3 is 2.28 bits per heavy atom. The van der Waals surface area contributed by atoms with Gasteiger partial charge in [-0.3, -0.25) is 4.79 Å². The molecule has 0 spiro atoms. The first-order valence-electron chi connectivity index (χ1n) is 8.87. The molecular formula is C21H26N2O2. The molecule has 4 heteroatoms. The number of benzene rings is 2. The van der Waals surface area contributed by atoms with Crippen molar-refractivity contribution in [3.63, 3.8) is 0 Å². The highest BCUT2D eigenvalue weighted by Gasteiger charge is 2.26. The zero-order valence-electron chi connectivity index (χ0n) is 15.2. The molecule has 1 saturated heterocycles. The van der Waals surface area contributed by atoms with E-state index in [1.165, 1.54) is 16.8 Å². The lowest BCUT2D eigenvalue weighted by molar-refractivity contribution is -0.138. The minimum Gasteiger partial charge on any atom is -0.481 e. The van der Waals surface area contributed by atoms with Gasteiger partial charge in [0.05, 0.1) is 0 Å². The van der Waals surface area contributed by atoms with Crippen LogP contribution in [0.15, 0.2) is 48.5 Å². The molecule has 0 N–H and O–H groups in total. The highest BCUT2D eigenvalue weighted by Crippen LogP contribution is 2.19. The maximum absolute atomic E-state index is 12.7. The topological polar surface area (TPSA) is 32.8 Å². The third-order valence-corrected chi connectivity index (χ3v) is 4.85. The van der Waals surface area contributed by atoms with Gasteiger partial charge in [0.15, 0.2) is 6.10 Å². The van der Waals surface area contributed by atoms with Gasteiger partial charge in [-0.25, -0.2) is 0 Å². The van der Waals surface area contributed by atoms with Crippen molar-refractivity contribution in [3.8, 4) is 5.75 Å². The smallest absolute Gasteiger partial charge is 0.263 e. The molecule has 25 heavy (non-hydrogen) atoms. The zero-order valence-corrected chi connectivity index (χ0v) is 15.2. The van der Waals surface area contributed by atoms with Crippen LogP contribution in [0.2, 0.25) is 0 Å². The minimum atomic E-state index is -0.467. The van der Waals surface area contributed by atoms with Crippen LogP contribution in [-0.4, -0.2) is 43.1 Å². The first kappa shape index (κ1) is 17.3. The largest absolute Gasteiger partial charge is 0.481 e. The Balaban J connectivity index is 1.55. The number of para-hydroxylation sites is 1. The summed E-state index contributed by atoms with van der Waals surface area (Å²) < 4.78 is 5.87. The van der Waals surface area contributed by atoms with Crippen molar-refractivity contribution in [2.45, 2.75) is 26.9 Å². The molecule has 132 valence electrons. The van der Waals surface area contributed by atoms with Crippen LogP contribution in [0.4, 0.5) is 5.69 Å². The van der Waals surface area contributed by atoms with E-state index in [9.17, 15) is 4.79 Å². The molecule has 3 rings (SSSR count). The van der Waals surface area contributed by atoms with E-state index in [4.69, 9.17) is 4.74 Å². The second kappa shape index (κ2) is 7.60. The Morgan fingerprint density at radius 2 is 1.64 bits per heavy atom. The molecule has 0 aromatic heterocycles. The molecule has 0 aliphatic carbocycles. The maximum Gasteiger partial charge on any atom is 0.263 e. The van der Waals surface area contributed by atoms with Crippen molar-refractivity contribution in [1.82, 2.24) is 4.90 Å². The number of carbonyl (C=O) groups is 1. The minimum absolute atomic E-state index is 0.0611. The monoisotopic (exact) mass is 338 g/mol. The number of amides is 1. The summed E-state index contributed by atoms with van der Waals surface area (Å²) in [6, 6.07) is 16.3. The SMILES string of the molecule is Cc1ccc(OC(C)C(=O)N2CCN(c3ccccc3)CC2)cc1C. The van der Waals surface area contributed by atoms with Gasteiger partial charge in [-0.05, 0) is 56.2 Å². The Bertz CT molecular complexity index is 722. The molecule has 1 fully saturated rings. The molecule has 1 atom stereocenters.